The van der Waals surface area contributed by atoms with Crippen molar-refractivity contribution in [2.75, 3.05) is 10.6 Å². The summed E-state index contributed by atoms with van der Waals surface area (Å²) in [5.41, 5.74) is 3.71. The number of nitrogens with zero attached hydrogens (tertiary/aromatic N) is 2. The fourth-order valence-corrected chi connectivity index (χ4v) is 2.37. The number of carbonyl (C=O) groups is 1. The molecule has 2 aromatic carbocycles. The van der Waals surface area contributed by atoms with E-state index in [2.05, 4.69) is 26.9 Å². The van der Waals surface area contributed by atoms with Gasteiger partial charge < -0.3 is 10.6 Å². The minimum absolute atomic E-state index is 0.149. The van der Waals surface area contributed by atoms with Gasteiger partial charge in [0.2, 0.25) is 0 Å². The Labute approximate surface area is 144 Å². The summed E-state index contributed by atoms with van der Waals surface area (Å²) in [6.07, 6.45) is 0. The molecule has 6 heteroatoms. The van der Waals surface area contributed by atoms with E-state index in [1.54, 1.807) is 18.2 Å². The van der Waals surface area contributed by atoms with E-state index >= 15 is 0 Å². The molecule has 1 aromatic heterocycles. The van der Waals surface area contributed by atoms with E-state index in [1.807, 2.05) is 26.0 Å². The lowest BCUT2D eigenvalue weighted by Gasteiger charge is -2.09. The third kappa shape index (κ3) is 4.17. The zero-order chi connectivity index (χ0) is 17.8. The summed E-state index contributed by atoms with van der Waals surface area (Å²) >= 11 is 0. The molecular formula is C19H17FN4O. The third-order valence-electron chi connectivity index (χ3n) is 3.62. The molecule has 1 heterocycles. The third-order valence-corrected chi connectivity index (χ3v) is 3.62. The Bertz CT molecular complexity index is 910. The molecule has 0 fully saturated rings. The summed E-state index contributed by atoms with van der Waals surface area (Å²) < 4.78 is 13.1. The number of aryl methyl sites for hydroxylation is 2. The summed E-state index contributed by atoms with van der Waals surface area (Å²) in [5, 5.41) is 13.7. The molecule has 0 atom stereocenters. The number of hydrogen-bond donors (Lipinski definition) is 2. The average Bonchev–Trinajstić information content (AvgIpc) is 2.58. The maximum atomic E-state index is 13.1. The second-order valence-corrected chi connectivity index (χ2v) is 5.71. The summed E-state index contributed by atoms with van der Waals surface area (Å²) in [5.74, 6) is -0.331. The number of aromatic nitrogens is 2. The van der Waals surface area contributed by atoms with E-state index in [1.165, 1.54) is 23.8 Å². The van der Waals surface area contributed by atoms with Crippen molar-refractivity contribution in [3.8, 4) is 0 Å². The number of nitrogens with one attached hydrogen (secondary N) is 2. The summed E-state index contributed by atoms with van der Waals surface area (Å²) in [6.45, 7) is 4.03. The number of carbonyl (C=O) groups excluding carboxylic acids is 1. The van der Waals surface area contributed by atoms with Crippen LogP contribution in [-0.4, -0.2) is 16.1 Å². The van der Waals surface area contributed by atoms with Gasteiger partial charge in [0.1, 0.15) is 5.82 Å². The highest BCUT2D eigenvalue weighted by Crippen LogP contribution is 2.20. The fraction of sp³-hybridized carbons (Fsp3) is 0.105. The lowest BCUT2D eigenvalue weighted by Crippen LogP contribution is -2.14. The van der Waals surface area contributed by atoms with Crippen LogP contribution in [-0.2, 0) is 0 Å². The van der Waals surface area contributed by atoms with Crippen LogP contribution >= 0.6 is 0 Å². The number of rotatable bonds is 4. The lowest BCUT2D eigenvalue weighted by molar-refractivity contribution is 0.102. The second-order valence-electron chi connectivity index (χ2n) is 5.71. The molecule has 3 aromatic rings. The molecular weight excluding hydrogens is 319 g/mol. The van der Waals surface area contributed by atoms with E-state index in [4.69, 9.17) is 0 Å². The summed E-state index contributed by atoms with van der Waals surface area (Å²) in [7, 11) is 0. The van der Waals surface area contributed by atoms with Gasteiger partial charge in [0, 0.05) is 11.4 Å². The van der Waals surface area contributed by atoms with Gasteiger partial charge in [-0.15, -0.1) is 10.2 Å². The van der Waals surface area contributed by atoms with E-state index < -0.39 is 11.7 Å². The van der Waals surface area contributed by atoms with Crippen molar-refractivity contribution >= 4 is 23.1 Å². The van der Waals surface area contributed by atoms with Crippen LogP contribution in [0.4, 0.5) is 21.6 Å². The minimum Gasteiger partial charge on any atom is -0.339 e. The van der Waals surface area contributed by atoms with Crippen molar-refractivity contribution in [2.24, 2.45) is 0 Å². The van der Waals surface area contributed by atoms with Gasteiger partial charge in [-0.25, -0.2) is 4.39 Å². The number of halogens is 1. The molecule has 0 aliphatic heterocycles. The monoisotopic (exact) mass is 336 g/mol. The largest absolute Gasteiger partial charge is 0.339 e. The quantitative estimate of drug-likeness (QED) is 0.748. The Morgan fingerprint density at radius 3 is 2.52 bits per heavy atom. The molecule has 0 aliphatic rings. The van der Waals surface area contributed by atoms with Crippen molar-refractivity contribution in [1.82, 2.24) is 10.2 Å². The van der Waals surface area contributed by atoms with Crippen molar-refractivity contribution in [3.05, 3.63) is 77.2 Å². The number of hydrogen-bond acceptors (Lipinski definition) is 4. The maximum Gasteiger partial charge on any atom is 0.276 e. The van der Waals surface area contributed by atoms with Crippen LogP contribution in [0.1, 0.15) is 21.6 Å². The molecule has 0 bridgehead atoms. The van der Waals surface area contributed by atoms with Gasteiger partial charge in [0.25, 0.3) is 5.91 Å². The average molecular weight is 336 g/mol. The van der Waals surface area contributed by atoms with E-state index in [0.717, 1.165) is 11.3 Å². The highest BCUT2D eigenvalue weighted by molar-refractivity contribution is 6.02. The first-order chi connectivity index (χ1) is 12.0. The molecule has 0 aliphatic carbocycles. The van der Waals surface area contributed by atoms with Crippen molar-refractivity contribution in [1.29, 1.82) is 0 Å². The number of benzene rings is 2. The normalized spacial score (nSPS) is 10.4. The van der Waals surface area contributed by atoms with Crippen LogP contribution in [0.15, 0.2) is 54.6 Å². The molecule has 0 spiro atoms. The standard InChI is InChI=1S/C19H17FN4O/c1-12-6-7-16(13(2)10-12)22-18-9-8-17(23-24-18)19(25)21-15-5-3-4-14(20)11-15/h3-11H,1-2H3,(H,21,25)(H,22,24). The Morgan fingerprint density at radius 2 is 1.84 bits per heavy atom. The van der Waals surface area contributed by atoms with Gasteiger partial charge in [-0.2, -0.15) is 0 Å². The molecule has 0 radical (unpaired) electrons. The molecule has 25 heavy (non-hydrogen) atoms. The first-order valence-corrected chi connectivity index (χ1v) is 7.76. The molecule has 3 rings (SSSR count). The highest BCUT2D eigenvalue weighted by atomic mass is 19.1. The molecule has 2 N–H and O–H groups in total. The van der Waals surface area contributed by atoms with Crippen LogP contribution in [0.3, 0.4) is 0 Å². The van der Waals surface area contributed by atoms with Crippen molar-refractivity contribution in [2.45, 2.75) is 13.8 Å². The predicted octanol–water partition coefficient (Wildman–Crippen LogP) is 4.23. The molecule has 5 nitrogen and oxygen atoms in total. The van der Waals surface area contributed by atoms with Gasteiger partial charge >= 0.3 is 0 Å². The number of anilines is 3. The molecule has 0 unspecified atom stereocenters. The Balaban J connectivity index is 1.70. The Hall–Kier alpha value is -3.28. The van der Waals surface area contributed by atoms with Gasteiger partial charge in [0.15, 0.2) is 11.5 Å². The SMILES string of the molecule is Cc1ccc(Nc2ccc(C(=O)Nc3cccc(F)c3)nn2)c(C)c1. The van der Waals surface area contributed by atoms with Gasteiger partial charge in [-0.05, 0) is 55.8 Å². The zero-order valence-electron chi connectivity index (χ0n) is 13.9. The van der Waals surface area contributed by atoms with E-state index in [0.29, 0.717) is 11.5 Å². The minimum atomic E-state index is -0.448. The molecule has 1 amide bonds. The van der Waals surface area contributed by atoms with E-state index in [9.17, 15) is 9.18 Å². The maximum absolute atomic E-state index is 13.1. The van der Waals surface area contributed by atoms with E-state index in [-0.39, 0.29) is 5.69 Å². The topological polar surface area (TPSA) is 66.9 Å². The Morgan fingerprint density at radius 1 is 1.00 bits per heavy atom. The smallest absolute Gasteiger partial charge is 0.276 e. The van der Waals surface area contributed by atoms with Gasteiger partial charge in [-0.3, -0.25) is 4.79 Å². The summed E-state index contributed by atoms with van der Waals surface area (Å²) in [4.78, 5) is 12.1. The lowest BCUT2D eigenvalue weighted by atomic mass is 10.1. The Kier molecular flexibility index (Phi) is 4.70. The zero-order valence-corrected chi connectivity index (χ0v) is 13.9. The van der Waals surface area contributed by atoms with Gasteiger partial charge in [-0.1, -0.05) is 23.8 Å². The fourth-order valence-electron chi connectivity index (χ4n) is 2.37. The van der Waals surface area contributed by atoms with Crippen molar-refractivity contribution < 1.29 is 9.18 Å². The van der Waals surface area contributed by atoms with Gasteiger partial charge in [0.05, 0.1) is 0 Å². The first-order valence-electron chi connectivity index (χ1n) is 7.76. The van der Waals surface area contributed by atoms with Crippen LogP contribution in [0.2, 0.25) is 0 Å². The predicted molar refractivity (Wildman–Crippen MR) is 95.6 cm³/mol. The van der Waals surface area contributed by atoms with Crippen LogP contribution in [0.25, 0.3) is 0 Å². The van der Waals surface area contributed by atoms with Crippen molar-refractivity contribution in [3.63, 3.8) is 0 Å². The van der Waals surface area contributed by atoms with Crippen LogP contribution < -0.4 is 10.6 Å². The first kappa shape index (κ1) is 16.6. The number of amides is 1. The molecule has 0 saturated carbocycles. The van der Waals surface area contributed by atoms with Crippen LogP contribution in [0, 0.1) is 19.7 Å². The summed E-state index contributed by atoms with van der Waals surface area (Å²) in [6, 6.07) is 14.9. The molecule has 0 saturated heterocycles. The molecule has 126 valence electrons. The van der Waals surface area contributed by atoms with Crippen LogP contribution in [0.5, 0.6) is 0 Å². The second kappa shape index (κ2) is 7.09. The highest BCUT2D eigenvalue weighted by Gasteiger charge is 2.09.